The average Bonchev–Trinajstić information content (AvgIpc) is 2.66. The van der Waals surface area contributed by atoms with Crippen molar-refractivity contribution >= 4 is 17.6 Å². The predicted molar refractivity (Wildman–Crippen MR) is 110 cm³/mol. The lowest BCUT2D eigenvalue weighted by Gasteiger charge is -2.39. The molecule has 3 amide bonds. The second-order valence-corrected chi connectivity index (χ2v) is 7.57. The third kappa shape index (κ3) is 4.59. The van der Waals surface area contributed by atoms with Crippen LogP contribution in [-0.4, -0.2) is 58.4 Å². The van der Waals surface area contributed by atoms with Gasteiger partial charge in [0.15, 0.2) is 5.82 Å². The first-order valence-corrected chi connectivity index (χ1v) is 9.79. The Morgan fingerprint density at radius 1 is 1.28 bits per heavy atom. The van der Waals surface area contributed by atoms with Gasteiger partial charge in [0.1, 0.15) is 5.82 Å². The van der Waals surface area contributed by atoms with Crippen LogP contribution in [0.5, 0.6) is 0 Å². The fourth-order valence-electron chi connectivity index (χ4n) is 3.79. The van der Waals surface area contributed by atoms with Crippen LogP contribution in [0, 0.1) is 5.82 Å². The van der Waals surface area contributed by atoms with Gasteiger partial charge in [0.25, 0.3) is 0 Å². The summed E-state index contributed by atoms with van der Waals surface area (Å²) < 4.78 is 15.2. The third-order valence-electron chi connectivity index (χ3n) is 5.47. The monoisotopic (exact) mass is 401 g/mol. The number of carbonyl (C=O) groups is 2. The lowest BCUT2D eigenvalue weighted by Crippen LogP contribution is -2.52. The molecule has 0 spiro atoms. The summed E-state index contributed by atoms with van der Waals surface area (Å²) in [6.07, 6.45) is 5.34. The van der Waals surface area contributed by atoms with E-state index >= 15 is 4.39 Å². The molecule has 0 radical (unpaired) electrons. The van der Waals surface area contributed by atoms with E-state index in [-0.39, 0.29) is 29.5 Å². The van der Waals surface area contributed by atoms with Crippen LogP contribution in [0.3, 0.4) is 0 Å². The summed E-state index contributed by atoms with van der Waals surface area (Å²) in [7, 11) is 0. The molecule has 156 valence electrons. The highest BCUT2D eigenvalue weighted by Crippen LogP contribution is 2.25. The highest BCUT2D eigenvalue weighted by Gasteiger charge is 2.27. The summed E-state index contributed by atoms with van der Waals surface area (Å²) >= 11 is 0. The molecule has 8 heteroatoms. The molecule has 0 saturated carbocycles. The van der Waals surface area contributed by atoms with Crippen LogP contribution in [0.15, 0.2) is 42.2 Å². The normalized spacial score (nSPS) is 22.4. The van der Waals surface area contributed by atoms with E-state index in [4.69, 9.17) is 5.73 Å². The number of halogens is 1. The van der Waals surface area contributed by atoms with Crippen LogP contribution in [-0.2, 0) is 11.3 Å². The van der Waals surface area contributed by atoms with Crippen LogP contribution in [0.2, 0.25) is 0 Å². The van der Waals surface area contributed by atoms with Crippen LogP contribution >= 0.6 is 0 Å². The van der Waals surface area contributed by atoms with E-state index in [9.17, 15) is 9.59 Å². The van der Waals surface area contributed by atoms with Crippen molar-refractivity contribution in [2.75, 3.05) is 25.0 Å². The van der Waals surface area contributed by atoms with Gasteiger partial charge < -0.3 is 16.0 Å². The van der Waals surface area contributed by atoms with E-state index in [0.717, 1.165) is 0 Å². The summed E-state index contributed by atoms with van der Waals surface area (Å²) in [5.41, 5.74) is 6.33. The average molecular weight is 401 g/mol. The number of benzene rings is 1. The van der Waals surface area contributed by atoms with Crippen molar-refractivity contribution < 1.29 is 14.0 Å². The molecule has 2 aliphatic rings. The number of nitrogens with one attached hydrogen (secondary N) is 1. The van der Waals surface area contributed by atoms with Gasteiger partial charge in [-0.3, -0.25) is 14.6 Å². The number of rotatable bonds is 4. The molecule has 3 rings (SSSR count). The maximum absolute atomic E-state index is 15.2. The molecule has 29 heavy (non-hydrogen) atoms. The van der Waals surface area contributed by atoms with Gasteiger partial charge in [-0.05, 0) is 26.0 Å². The number of amides is 3. The van der Waals surface area contributed by atoms with E-state index in [2.05, 4.69) is 10.2 Å². The second kappa shape index (κ2) is 8.65. The van der Waals surface area contributed by atoms with Crippen molar-refractivity contribution in [2.45, 2.75) is 39.4 Å². The number of anilines is 1. The summed E-state index contributed by atoms with van der Waals surface area (Å²) in [4.78, 5) is 28.8. The van der Waals surface area contributed by atoms with E-state index in [0.29, 0.717) is 37.6 Å². The minimum absolute atomic E-state index is 0.0666. The first-order chi connectivity index (χ1) is 13.8. The lowest BCUT2D eigenvalue weighted by molar-refractivity contribution is -0.131. The second-order valence-electron chi connectivity index (χ2n) is 7.57. The number of allylic oxidation sites excluding steroid dienone is 2. The Morgan fingerprint density at radius 3 is 2.69 bits per heavy atom. The first kappa shape index (κ1) is 20.9. The molecule has 1 fully saturated rings. The molecule has 1 saturated heterocycles. The smallest absolute Gasteiger partial charge is 0.320 e. The molecular weight excluding hydrogens is 373 g/mol. The lowest BCUT2D eigenvalue weighted by atomic mass is 10.1. The van der Waals surface area contributed by atoms with Gasteiger partial charge in [-0.15, -0.1) is 0 Å². The van der Waals surface area contributed by atoms with Gasteiger partial charge in [-0.1, -0.05) is 24.3 Å². The molecule has 1 unspecified atom stereocenters. The number of hydrogen-bond acceptors (Lipinski definition) is 4. The van der Waals surface area contributed by atoms with Gasteiger partial charge in [0, 0.05) is 44.7 Å². The maximum Gasteiger partial charge on any atom is 0.320 e. The summed E-state index contributed by atoms with van der Waals surface area (Å²) in [5.74, 6) is 0.144. The minimum Gasteiger partial charge on any atom is -0.351 e. The Hall–Kier alpha value is -2.87. The van der Waals surface area contributed by atoms with Crippen molar-refractivity contribution in [2.24, 2.45) is 5.73 Å². The van der Waals surface area contributed by atoms with Crippen LogP contribution in [0.25, 0.3) is 0 Å². The number of carbonyl (C=O) groups excluding carboxylic acids is 2. The Kier molecular flexibility index (Phi) is 6.22. The Labute approximate surface area is 170 Å². The van der Waals surface area contributed by atoms with Crippen LogP contribution in [0.4, 0.5) is 14.9 Å². The molecule has 0 bridgehead atoms. The first-order valence-electron chi connectivity index (χ1n) is 9.79. The maximum atomic E-state index is 15.2. The SMILES string of the molecule is CC(=O)N1CCN(Cc2cccc(NC3=CC=CC(C)N3C(N)=O)c2F)[C@@H](C)C1. The van der Waals surface area contributed by atoms with Gasteiger partial charge >= 0.3 is 6.03 Å². The largest absolute Gasteiger partial charge is 0.351 e. The molecule has 2 atom stereocenters. The Morgan fingerprint density at radius 2 is 2.03 bits per heavy atom. The fraction of sp³-hybridized carbons (Fsp3) is 0.429. The number of piperazine rings is 1. The van der Waals surface area contributed by atoms with E-state index in [1.165, 1.54) is 4.90 Å². The quantitative estimate of drug-likeness (QED) is 0.812. The summed E-state index contributed by atoms with van der Waals surface area (Å²) in [6, 6.07) is 4.50. The molecular formula is C21H28FN5O2. The van der Waals surface area contributed by atoms with E-state index in [1.54, 1.807) is 31.2 Å². The fourth-order valence-corrected chi connectivity index (χ4v) is 3.79. The predicted octanol–water partition coefficient (Wildman–Crippen LogP) is 2.47. The van der Waals surface area contributed by atoms with Crippen molar-refractivity contribution in [3.8, 4) is 0 Å². The standard InChI is InChI=1S/C21H28FN5O2/c1-14-6-4-9-19(27(14)21(23)29)24-18-8-5-7-17(20(18)22)13-25-10-11-26(16(3)28)12-15(25)2/h4-9,14-15,24H,10-13H2,1-3H3,(H2,23,29)/t14?,15-/m0/s1. The molecule has 1 aromatic carbocycles. The highest BCUT2D eigenvalue weighted by molar-refractivity contribution is 5.76. The zero-order valence-electron chi connectivity index (χ0n) is 17.1. The highest BCUT2D eigenvalue weighted by atomic mass is 19.1. The molecule has 1 aromatic rings. The number of nitrogens with zero attached hydrogens (tertiary/aromatic N) is 3. The minimum atomic E-state index is -0.602. The van der Waals surface area contributed by atoms with E-state index < -0.39 is 6.03 Å². The van der Waals surface area contributed by atoms with Crippen molar-refractivity contribution in [1.29, 1.82) is 0 Å². The third-order valence-corrected chi connectivity index (χ3v) is 5.47. The Bertz CT molecular complexity index is 853. The molecule has 2 heterocycles. The molecule has 3 N–H and O–H groups in total. The van der Waals surface area contributed by atoms with Gasteiger partial charge in [-0.2, -0.15) is 0 Å². The van der Waals surface area contributed by atoms with Crippen molar-refractivity contribution in [3.05, 3.63) is 53.6 Å². The molecule has 0 aliphatic carbocycles. The zero-order valence-corrected chi connectivity index (χ0v) is 17.1. The molecule has 7 nitrogen and oxygen atoms in total. The Balaban J connectivity index is 1.75. The van der Waals surface area contributed by atoms with Gasteiger partial charge in [-0.25, -0.2) is 9.18 Å². The van der Waals surface area contributed by atoms with Gasteiger partial charge in [0.2, 0.25) is 5.91 Å². The number of urea groups is 1. The van der Waals surface area contributed by atoms with Gasteiger partial charge in [0.05, 0.1) is 11.7 Å². The number of hydrogen-bond donors (Lipinski definition) is 2. The molecule has 0 aromatic heterocycles. The van der Waals surface area contributed by atoms with Crippen molar-refractivity contribution in [1.82, 2.24) is 14.7 Å². The number of nitrogens with two attached hydrogens (primary N) is 1. The topological polar surface area (TPSA) is 81.9 Å². The van der Waals surface area contributed by atoms with Crippen LogP contribution in [0.1, 0.15) is 26.3 Å². The summed E-state index contributed by atoms with van der Waals surface area (Å²) in [5, 5.41) is 3.01. The van der Waals surface area contributed by atoms with E-state index in [1.807, 2.05) is 30.9 Å². The van der Waals surface area contributed by atoms with Crippen molar-refractivity contribution in [3.63, 3.8) is 0 Å². The zero-order chi connectivity index (χ0) is 21.1. The number of primary amides is 1. The summed E-state index contributed by atoms with van der Waals surface area (Å²) in [6.45, 7) is 7.88. The molecule has 2 aliphatic heterocycles. The van der Waals surface area contributed by atoms with Crippen LogP contribution < -0.4 is 11.1 Å².